The molecular weight excluding hydrogens is 148 g/mol. The lowest BCUT2D eigenvalue weighted by atomic mass is 9.81. The first-order valence-corrected chi connectivity index (χ1v) is 5.24. The Hall–Kier alpha value is -0.300. The van der Waals surface area contributed by atoms with Crippen molar-refractivity contribution in [3.8, 4) is 0 Å². The lowest BCUT2D eigenvalue weighted by Crippen LogP contribution is -2.18. The van der Waals surface area contributed by atoms with Crippen LogP contribution in [0.25, 0.3) is 0 Å². The van der Waals surface area contributed by atoms with Crippen LogP contribution in [0.4, 0.5) is 0 Å². The molecule has 1 heteroatoms. The van der Waals surface area contributed by atoms with Crippen molar-refractivity contribution in [2.45, 2.75) is 44.6 Å². The zero-order valence-corrected chi connectivity index (χ0v) is 7.42. The van der Waals surface area contributed by atoms with E-state index in [0.717, 1.165) is 24.7 Å². The average Bonchev–Trinajstić information content (AvgIpc) is 2.63. The van der Waals surface area contributed by atoms with Gasteiger partial charge in [-0.1, -0.05) is 11.1 Å². The molecule has 0 aliphatic heterocycles. The second kappa shape index (κ2) is 2.35. The molecule has 12 heavy (non-hydrogen) atoms. The van der Waals surface area contributed by atoms with E-state index < -0.39 is 0 Å². The average molecular weight is 164 g/mol. The monoisotopic (exact) mass is 164 g/mol. The summed E-state index contributed by atoms with van der Waals surface area (Å²) in [5.41, 5.74) is 3.43. The van der Waals surface area contributed by atoms with Crippen molar-refractivity contribution < 1.29 is 5.11 Å². The number of hydrogen-bond acceptors (Lipinski definition) is 1. The Morgan fingerprint density at radius 2 is 1.75 bits per heavy atom. The summed E-state index contributed by atoms with van der Waals surface area (Å²) in [6.07, 6.45) is 7.52. The summed E-state index contributed by atoms with van der Waals surface area (Å²) in [5.74, 6) is 1.83. The molecule has 1 nitrogen and oxygen atoms in total. The Kier molecular flexibility index (Phi) is 1.40. The summed E-state index contributed by atoms with van der Waals surface area (Å²) < 4.78 is 0. The van der Waals surface area contributed by atoms with Crippen molar-refractivity contribution in [1.82, 2.24) is 0 Å². The molecule has 66 valence electrons. The fraction of sp³-hybridized carbons (Fsp3) is 0.818. The zero-order valence-electron chi connectivity index (χ0n) is 7.42. The van der Waals surface area contributed by atoms with Crippen LogP contribution in [0.2, 0.25) is 0 Å². The topological polar surface area (TPSA) is 20.2 Å². The first-order chi connectivity index (χ1) is 5.84. The van der Waals surface area contributed by atoms with Gasteiger partial charge in [0.25, 0.3) is 0 Å². The molecule has 3 rings (SSSR count). The second-order valence-electron chi connectivity index (χ2n) is 4.65. The largest absolute Gasteiger partial charge is 0.393 e. The Morgan fingerprint density at radius 3 is 2.58 bits per heavy atom. The first-order valence-electron chi connectivity index (χ1n) is 5.24. The van der Waals surface area contributed by atoms with Gasteiger partial charge in [0.05, 0.1) is 6.10 Å². The molecule has 0 saturated heterocycles. The highest BCUT2D eigenvalue weighted by molar-refractivity contribution is 5.31. The third kappa shape index (κ3) is 0.832. The van der Waals surface area contributed by atoms with Gasteiger partial charge in [-0.2, -0.15) is 0 Å². The van der Waals surface area contributed by atoms with E-state index in [2.05, 4.69) is 0 Å². The minimum atomic E-state index is -0.0110. The van der Waals surface area contributed by atoms with Crippen molar-refractivity contribution in [3.05, 3.63) is 11.1 Å². The number of allylic oxidation sites excluding steroid dienone is 1. The number of fused-ring (bicyclic) bond motifs is 4. The SMILES string of the molecule is O[C@@H]1CCC2=C(C1)[C@H]1CC[C@@H]2C1. The Balaban J connectivity index is 1.95. The van der Waals surface area contributed by atoms with Gasteiger partial charge in [0.1, 0.15) is 0 Å². The van der Waals surface area contributed by atoms with E-state index in [9.17, 15) is 5.11 Å². The fourth-order valence-corrected chi connectivity index (χ4v) is 3.48. The number of hydrogen-bond donors (Lipinski definition) is 1. The van der Waals surface area contributed by atoms with Gasteiger partial charge in [-0.3, -0.25) is 0 Å². The second-order valence-corrected chi connectivity index (χ2v) is 4.65. The molecule has 0 radical (unpaired) electrons. The van der Waals surface area contributed by atoms with Crippen LogP contribution in [-0.2, 0) is 0 Å². The van der Waals surface area contributed by atoms with Gasteiger partial charge in [0.15, 0.2) is 0 Å². The molecular formula is C11H16O. The normalized spacial score (nSPS) is 45.2. The van der Waals surface area contributed by atoms with E-state index in [1.54, 1.807) is 11.1 Å². The Bertz CT molecular complexity index is 241. The van der Waals surface area contributed by atoms with Crippen LogP contribution in [0, 0.1) is 11.8 Å². The van der Waals surface area contributed by atoms with Crippen LogP contribution in [0.15, 0.2) is 11.1 Å². The molecule has 3 aliphatic carbocycles. The minimum absolute atomic E-state index is 0.0110. The van der Waals surface area contributed by atoms with E-state index in [4.69, 9.17) is 0 Å². The quantitative estimate of drug-likeness (QED) is 0.544. The van der Waals surface area contributed by atoms with Crippen LogP contribution >= 0.6 is 0 Å². The van der Waals surface area contributed by atoms with Gasteiger partial charge in [0.2, 0.25) is 0 Å². The van der Waals surface area contributed by atoms with Crippen LogP contribution in [0.1, 0.15) is 38.5 Å². The van der Waals surface area contributed by atoms with Crippen LogP contribution in [-0.4, -0.2) is 11.2 Å². The lowest BCUT2D eigenvalue weighted by Gasteiger charge is -2.27. The molecule has 1 fully saturated rings. The molecule has 1 N–H and O–H groups in total. The highest BCUT2D eigenvalue weighted by Crippen LogP contribution is 2.53. The first kappa shape index (κ1) is 7.14. The highest BCUT2D eigenvalue weighted by atomic mass is 16.3. The van der Waals surface area contributed by atoms with Crippen LogP contribution in [0.3, 0.4) is 0 Å². The molecule has 0 spiro atoms. The summed E-state index contributed by atoms with van der Waals surface area (Å²) in [5, 5.41) is 9.55. The van der Waals surface area contributed by atoms with Crippen molar-refractivity contribution in [1.29, 1.82) is 0 Å². The highest BCUT2D eigenvalue weighted by Gasteiger charge is 2.40. The molecule has 3 atom stereocenters. The Morgan fingerprint density at radius 1 is 1.00 bits per heavy atom. The molecule has 0 aromatic carbocycles. The summed E-state index contributed by atoms with van der Waals surface area (Å²) in [6, 6.07) is 0. The van der Waals surface area contributed by atoms with Gasteiger partial charge < -0.3 is 5.11 Å². The van der Waals surface area contributed by atoms with Gasteiger partial charge in [-0.05, 0) is 50.4 Å². The maximum Gasteiger partial charge on any atom is 0.0580 e. The maximum absolute atomic E-state index is 9.55. The summed E-state index contributed by atoms with van der Waals surface area (Å²) in [6.45, 7) is 0. The van der Waals surface area contributed by atoms with Crippen molar-refractivity contribution >= 4 is 0 Å². The maximum atomic E-state index is 9.55. The fourth-order valence-electron chi connectivity index (χ4n) is 3.48. The molecule has 0 heterocycles. The van der Waals surface area contributed by atoms with Crippen molar-refractivity contribution in [3.63, 3.8) is 0 Å². The van der Waals surface area contributed by atoms with Gasteiger partial charge >= 0.3 is 0 Å². The predicted molar refractivity (Wildman–Crippen MR) is 47.7 cm³/mol. The summed E-state index contributed by atoms with van der Waals surface area (Å²) in [7, 11) is 0. The molecule has 0 unspecified atom stereocenters. The number of rotatable bonds is 0. The molecule has 3 aliphatic rings. The summed E-state index contributed by atoms with van der Waals surface area (Å²) in [4.78, 5) is 0. The molecule has 2 bridgehead atoms. The van der Waals surface area contributed by atoms with Gasteiger partial charge in [0, 0.05) is 0 Å². The molecule has 0 aromatic rings. The van der Waals surface area contributed by atoms with Crippen molar-refractivity contribution in [2.75, 3.05) is 0 Å². The minimum Gasteiger partial charge on any atom is -0.393 e. The smallest absolute Gasteiger partial charge is 0.0580 e. The van der Waals surface area contributed by atoms with E-state index in [0.29, 0.717) is 0 Å². The van der Waals surface area contributed by atoms with Crippen LogP contribution in [0.5, 0.6) is 0 Å². The molecule has 0 amide bonds. The van der Waals surface area contributed by atoms with Crippen molar-refractivity contribution in [2.24, 2.45) is 11.8 Å². The van der Waals surface area contributed by atoms with Crippen LogP contribution < -0.4 is 0 Å². The van der Waals surface area contributed by atoms with E-state index in [1.807, 2.05) is 0 Å². The van der Waals surface area contributed by atoms with Gasteiger partial charge in [-0.15, -0.1) is 0 Å². The molecule has 1 saturated carbocycles. The van der Waals surface area contributed by atoms with Gasteiger partial charge in [-0.25, -0.2) is 0 Å². The standard InChI is InChI=1S/C11H16O/c12-9-3-4-10-7-1-2-8(5-7)11(10)6-9/h7-9,12H,1-6H2/t7-,8+,9-/m1/s1. The zero-order chi connectivity index (χ0) is 8.13. The summed E-state index contributed by atoms with van der Waals surface area (Å²) >= 11 is 0. The van der Waals surface area contributed by atoms with E-state index in [-0.39, 0.29) is 6.10 Å². The van der Waals surface area contributed by atoms with E-state index >= 15 is 0 Å². The lowest BCUT2D eigenvalue weighted by molar-refractivity contribution is 0.154. The Labute approximate surface area is 73.5 Å². The third-order valence-corrected chi connectivity index (χ3v) is 4.03. The number of aliphatic hydroxyl groups excluding tert-OH is 1. The third-order valence-electron chi connectivity index (χ3n) is 4.03. The molecule has 0 aromatic heterocycles. The predicted octanol–water partition coefficient (Wildman–Crippen LogP) is 2.26. The van der Waals surface area contributed by atoms with E-state index in [1.165, 1.54) is 25.7 Å². The number of aliphatic hydroxyl groups is 1.